The maximum Gasteiger partial charge on any atom is 0.416 e. The van der Waals surface area contributed by atoms with Gasteiger partial charge in [-0.1, -0.05) is 48.0 Å². The number of nitrogens with one attached hydrogen (secondary N) is 1. The predicted molar refractivity (Wildman–Crippen MR) is 137 cm³/mol. The highest BCUT2D eigenvalue weighted by Gasteiger charge is 2.33. The van der Waals surface area contributed by atoms with E-state index in [4.69, 9.17) is 11.6 Å². The zero-order valence-electron chi connectivity index (χ0n) is 19.6. The SMILES string of the molecule is C=CCN(c1cccc(C(F)(F)F)c1)S(=O)(=O)c1ccc(Cl)c(C(=O)NC2CCCc3ccccc32)c1. The van der Waals surface area contributed by atoms with Gasteiger partial charge in [-0.25, -0.2) is 8.42 Å². The summed E-state index contributed by atoms with van der Waals surface area (Å²) >= 11 is 6.28. The average Bonchev–Trinajstić information content (AvgIpc) is 2.87. The fraction of sp³-hybridized carbons (Fsp3) is 0.222. The third-order valence-corrected chi connectivity index (χ3v) is 8.32. The molecule has 0 saturated carbocycles. The van der Waals surface area contributed by atoms with E-state index in [1.165, 1.54) is 24.3 Å². The van der Waals surface area contributed by atoms with Crippen LogP contribution in [0.3, 0.4) is 0 Å². The summed E-state index contributed by atoms with van der Waals surface area (Å²) in [6.07, 6.45) is -0.866. The largest absolute Gasteiger partial charge is 0.416 e. The minimum atomic E-state index is -4.65. The van der Waals surface area contributed by atoms with Crippen molar-refractivity contribution in [3.8, 4) is 0 Å². The van der Waals surface area contributed by atoms with Gasteiger partial charge in [0.1, 0.15) is 0 Å². The first kappa shape index (κ1) is 26.8. The molecule has 0 saturated heterocycles. The van der Waals surface area contributed by atoms with E-state index in [0.29, 0.717) is 0 Å². The molecule has 3 aromatic carbocycles. The van der Waals surface area contributed by atoms with E-state index in [0.717, 1.165) is 59.0 Å². The summed E-state index contributed by atoms with van der Waals surface area (Å²) in [5.41, 5.74) is 0.924. The van der Waals surface area contributed by atoms with Crippen LogP contribution in [0.1, 0.15) is 45.9 Å². The lowest BCUT2D eigenvalue weighted by molar-refractivity contribution is -0.137. The molecule has 5 nitrogen and oxygen atoms in total. The lowest BCUT2D eigenvalue weighted by Crippen LogP contribution is -2.33. The highest BCUT2D eigenvalue weighted by atomic mass is 35.5. The van der Waals surface area contributed by atoms with E-state index in [1.54, 1.807) is 0 Å². The maximum absolute atomic E-state index is 13.5. The number of hydrogen-bond acceptors (Lipinski definition) is 3. The van der Waals surface area contributed by atoms with E-state index in [-0.39, 0.29) is 33.8 Å². The Bertz CT molecular complexity index is 1440. The molecule has 0 radical (unpaired) electrons. The standard InChI is InChI=1S/C27H24ClF3N2O3S/c1-2-15-33(20-10-6-9-19(16-20)27(29,30)31)37(35,36)21-13-14-24(28)23(17-21)26(34)32-25-12-5-8-18-7-3-4-11-22(18)25/h2-4,6-7,9-11,13-14,16-17,25H,1,5,8,12,15H2,(H,32,34). The fourth-order valence-electron chi connectivity index (χ4n) is 4.40. The number of carbonyl (C=O) groups excluding carboxylic acids is 1. The number of anilines is 1. The number of hydrogen-bond donors (Lipinski definition) is 1. The van der Waals surface area contributed by atoms with Crippen molar-refractivity contribution in [1.82, 2.24) is 5.32 Å². The lowest BCUT2D eigenvalue weighted by Gasteiger charge is -2.27. The number of fused-ring (bicyclic) bond motifs is 1. The van der Waals surface area contributed by atoms with Crippen LogP contribution in [0.5, 0.6) is 0 Å². The van der Waals surface area contributed by atoms with Gasteiger partial charge in [-0.05, 0) is 66.8 Å². The van der Waals surface area contributed by atoms with Crippen LogP contribution in [0, 0.1) is 0 Å². The summed E-state index contributed by atoms with van der Waals surface area (Å²) in [4.78, 5) is 12.9. The van der Waals surface area contributed by atoms with Gasteiger partial charge >= 0.3 is 6.18 Å². The predicted octanol–water partition coefficient (Wildman–Crippen LogP) is 6.55. The van der Waals surface area contributed by atoms with Crippen LogP contribution in [0.2, 0.25) is 5.02 Å². The zero-order chi connectivity index (χ0) is 26.8. The van der Waals surface area contributed by atoms with Crippen LogP contribution in [-0.4, -0.2) is 20.9 Å². The molecular weight excluding hydrogens is 525 g/mol. The van der Waals surface area contributed by atoms with Crippen molar-refractivity contribution in [2.45, 2.75) is 36.4 Å². The number of aryl methyl sites for hydroxylation is 1. The van der Waals surface area contributed by atoms with Gasteiger partial charge < -0.3 is 5.32 Å². The summed E-state index contributed by atoms with van der Waals surface area (Å²) in [5.74, 6) is -0.543. The number of halogens is 4. The topological polar surface area (TPSA) is 66.5 Å². The summed E-state index contributed by atoms with van der Waals surface area (Å²) in [5, 5.41) is 3.00. The second-order valence-corrected chi connectivity index (χ2v) is 10.9. The molecule has 1 aliphatic carbocycles. The molecule has 0 aliphatic heterocycles. The number of nitrogens with zero attached hydrogens (tertiary/aromatic N) is 1. The number of rotatable bonds is 7. The van der Waals surface area contributed by atoms with E-state index in [9.17, 15) is 26.4 Å². The van der Waals surface area contributed by atoms with E-state index < -0.39 is 27.7 Å². The van der Waals surface area contributed by atoms with Crippen molar-refractivity contribution in [2.75, 3.05) is 10.8 Å². The monoisotopic (exact) mass is 548 g/mol. The molecular formula is C27H24ClF3N2O3S. The van der Waals surface area contributed by atoms with Gasteiger partial charge in [-0.15, -0.1) is 6.58 Å². The lowest BCUT2D eigenvalue weighted by atomic mass is 9.87. The molecule has 1 N–H and O–H groups in total. The van der Waals surface area contributed by atoms with Gasteiger partial charge in [-0.2, -0.15) is 13.2 Å². The van der Waals surface area contributed by atoms with Gasteiger partial charge in [-0.3, -0.25) is 9.10 Å². The Morgan fingerprint density at radius 1 is 1.11 bits per heavy atom. The molecule has 4 rings (SSSR count). The molecule has 37 heavy (non-hydrogen) atoms. The summed E-state index contributed by atoms with van der Waals surface area (Å²) in [6, 6.07) is 15.2. The Morgan fingerprint density at radius 3 is 2.59 bits per heavy atom. The summed E-state index contributed by atoms with van der Waals surface area (Å²) < 4.78 is 67.7. The Balaban J connectivity index is 1.67. The van der Waals surface area contributed by atoms with Crippen LogP contribution >= 0.6 is 11.6 Å². The van der Waals surface area contributed by atoms with Crippen molar-refractivity contribution in [2.24, 2.45) is 0 Å². The van der Waals surface area contributed by atoms with Gasteiger partial charge in [0.15, 0.2) is 0 Å². The van der Waals surface area contributed by atoms with E-state index in [1.807, 2.05) is 24.3 Å². The number of sulfonamides is 1. The first-order valence-corrected chi connectivity index (χ1v) is 13.3. The number of benzene rings is 3. The van der Waals surface area contributed by atoms with Crippen molar-refractivity contribution in [3.63, 3.8) is 0 Å². The van der Waals surface area contributed by atoms with E-state index >= 15 is 0 Å². The first-order chi connectivity index (χ1) is 17.5. The Kier molecular flexibility index (Phi) is 7.66. The van der Waals surface area contributed by atoms with E-state index in [2.05, 4.69) is 11.9 Å². The van der Waals surface area contributed by atoms with Gasteiger partial charge in [0, 0.05) is 0 Å². The van der Waals surface area contributed by atoms with Crippen LogP contribution in [-0.2, 0) is 22.6 Å². The van der Waals surface area contributed by atoms with Crippen LogP contribution in [0.4, 0.5) is 18.9 Å². The molecule has 0 heterocycles. The smallest absolute Gasteiger partial charge is 0.345 e. The Hall–Kier alpha value is -3.30. The molecule has 10 heteroatoms. The molecule has 0 fully saturated rings. The fourth-order valence-corrected chi connectivity index (χ4v) is 6.06. The quantitative estimate of drug-likeness (QED) is 0.341. The van der Waals surface area contributed by atoms with Crippen molar-refractivity contribution < 1.29 is 26.4 Å². The Labute approximate surface area is 218 Å². The van der Waals surface area contributed by atoms with Crippen molar-refractivity contribution >= 4 is 33.2 Å². The van der Waals surface area contributed by atoms with Gasteiger partial charge in [0.05, 0.1) is 39.3 Å². The molecule has 1 amide bonds. The summed E-state index contributed by atoms with van der Waals surface area (Å²) in [7, 11) is -4.38. The van der Waals surface area contributed by atoms with Crippen LogP contribution in [0.15, 0.2) is 84.3 Å². The highest BCUT2D eigenvalue weighted by molar-refractivity contribution is 7.92. The van der Waals surface area contributed by atoms with Crippen molar-refractivity contribution in [1.29, 1.82) is 0 Å². The van der Waals surface area contributed by atoms with Gasteiger partial charge in [0.25, 0.3) is 15.9 Å². The molecule has 1 atom stereocenters. The second-order valence-electron chi connectivity index (χ2n) is 8.63. The van der Waals surface area contributed by atoms with Crippen LogP contribution < -0.4 is 9.62 Å². The minimum Gasteiger partial charge on any atom is -0.345 e. The zero-order valence-corrected chi connectivity index (χ0v) is 21.2. The molecule has 1 aliphatic rings. The third-order valence-electron chi connectivity index (χ3n) is 6.20. The molecule has 3 aromatic rings. The number of carbonyl (C=O) groups is 1. The van der Waals surface area contributed by atoms with Gasteiger partial charge in [0.2, 0.25) is 0 Å². The maximum atomic E-state index is 13.5. The van der Waals surface area contributed by atoms with Crippen LogP contribution in [0.25, 0.3) is 0 Å². The van der Waals surface area contributed by atoms with Crippen molar-refractivity contribution in [3.05, 3.63) is 107 Å². The molecule has 1 unspecified atom stereocenters. The number of amides is 1. The second kappa shape index (κ2) is 10.6. The molecule has 0 bridgehead atoms. The summed E-state index contributed by atoms with van der Waals surface area (Å²) in [6.45, 7) is 3.25. The third kappa shape index (κ3) is 5.67. The highest BCUT2D eigenvalue weighted by Crippen LogP contribution is 2.34. The number of alkyl halides is 3. The molecule has 194 valence electrons. The Morgan fingerprint density at radius 2 is 1.86 bits per heavy atom. The normalized spacial score (nSPS) is 15.5. The first-order valence-electron chi connectivity index (χ1n) is 11.5. The molecule has 0 spiro atoms. The minimum absolute atomic E-state index is 0.0478. The molecule has 0 aromatic heterocycles. The average molecular weight is 549 g/mol.